The van der Waals surface area contributed by atoms with Gasteiger partial charge in [0.2, 0.25) is 0 Å². The van der Waals surface area contributed by atoms with E-state index in [-0.39, 0.29) is 0 Å². The van der Waals surface area contributed by atoms with Crippen LogP contribution in [0.1, 0.15) is 0 Å². The van der Waals surface area contributed by atoms with E-state index in [9.17, 15) is 0 Å². The molecule has 0 aliphatic rings. The summed E-state index contributed by atoms with van der Waals surface area (Å²) >= 11 is 4.64. The first-order valence-electron chi connectivity index (χ1n) is 2.67. The van der Waals surface area contributed by atoms with Gasteiger partial charge in [0, 0.05) is 25.9 Å². The molecule has 1 aromatic rings. The Kier molecular flexibility index (Phi) is 19.1. The van der Waals surface area contributed by atoms with E-state index in [4.69, 9.17) is 5.11 Å². The van der Waals surface area contributed by atoms with E-state index in [1.54, 1.807) is 12.4 Å². The summed E-state index contributed by atoms with van der Waals surface area (Å²) in [6, 6.07) is 5.72. The molecule has 0 aliphatic heterocycles. The molecule has 0 amide bonds. The minimum atomic E-state index is 1.00. The Labute approximate surface area is 66.5 Å². The monoisotopic (exact) mass is 161 g/mol. The summed E-state index contributed by atoms with van der Waals surface area (Å²) in [6.07, 6.45) is 4.97. The van der Waals surface area contributed by atoms with Crippen LogP contribution in [0.15, 0.2) is 30.6 Å². The van der Waals surface area contributed by atoms with Gasteiger partial charge in [0.05, 0.1) is 0 Å². The number of rotatable bonds is 0. The molecule has 0 aromatic carbocycles. The van der Waals surface area contributed by atoms with Crippen LogP contribution in [-0.4, -0.2) is 23.6 Å². The molecule has 0 radical (unpaired) electrons. The van der Waals surface area contributed by atoms with E-state index < -0.39 is 0 Å². The maximum atomic E-state index is 7.00. The third-order valence-corrected chi connectivity index (χ3v) is 0.566. The summed E-state index contributed by atoms with van der Waals surface area (Å²) in [7, 11) is 1.00. The number of aliphatic hydroxyl groups excluding tert-OH is 1. The molecule has 0 fully saturated rings. The molecule has 10 heavy (non-hydrogen) atoms. The SMILES string of the molecule is CCl.CO.c1ccncc1. The van der Waals surface area contributed by atoms with E-state index in [0.717, 1.165) is 7.11 Å². The Balaban J connectivity index is 0. The summed E-state index contributed by atoms with van der Waals surface area (Å²) in [6.45, 7) is 0. The van der Waals surface area contributed by atoms with Crippen LogP contribution in [0.2, 0.25) is 0 Å². The van der Waals surface area contributed by atoms with Crippen molar-refractivity contribution in [3.8, 4) is 0 Å². The Morgan fingerprint density at radius 3 is 1.50 bits per heavy atom. The fourth-order valence-corrected chi connectivity index (χ4v) is 0.313. The summed E-state index contributed by atoms with van der Waals surface area (Å²) in [5.74, 6) is 0. The molecule has 0 unspecified atom stereocenters. The van der Waals surface area contributed by atoms with Gasteiger partial charge in [-0.2, -0.15) is 0 Å². The minimum Gasteiger partial charge on any atom is -0.400 e. The zero-order valence-corrected chi connectivity index (χ0v) is 6.92. The molecule has 1 N–H and O–H groups in total. The second kappa shape index (κ2) is 15.8. The molecule has 0 bridgehead atoms. The number of halogens is 1. The van der Waals surface area contributed by atoms with Crippen LogP contribution in [0, 0.1) is 0 Å². The van der Waals surface area contributed by atoms with Gasteiger partial charge in [0.1, 0.15) is 0 Å². The van der Waals surface area contributed by atoms with Gasteiger partial charge in [-0.3, -0.25) is 4.98 Å². The molecule has 0 saturated carbocycles. The van der Waals surface area contributed by atoms with Crippen LogP contribution in [-0.2, 0) is 0 Å². The molecule has 3 heteroatoms. The van der Waals surface area contributed by atoms with Crippen LogP contribution >= 0.6 is 11.6 Å². The number of aromatic nitrogens is 1. The highest BCUT2D eigenvalue weighted by molar-refractivity contribution is 6.15. The van der Waals surface area contributed by atoms with E-state index in [0.29, 0.717) is 0 Å². The smallest absolute Gasteiger partial charge is 0.0319 e. The third kappa shape index (κ3) is 10.4. The lowest BCUT2D eigenvalue weighted by Crippen LogP contribution is -1.58. The topological polar surface area (TPSA) is 33.1 Å². The van der Waals surface area contributed by atoms with Gasteiger partial charge in [-0.05, 0) is 12.1 Å². The fraction of sp³-hybridized carbons (Fsp3) is 0.286. The zero-order chi connectivity index (χ0) is 8.24. The maximum Gasteiger partial charge on any atom is 0.0319 e. The van der Waals surface area contributed by atoms with Crippen LogP contribution < -0.4 is 0 Å². The number of hydrogen-bond acceptors (Lipinski definition) is 2. The third-order valence-electron chi connectivity index (χ3n) is 0.566. The van der Waals surface area contributed by atoms with Crippen LogP contribution in [0.3, 0.4) is 0 Å². The lowest BCUT2D eigenvalue weighted by molar-refractivity contribution is 0.399. The summed E-state index contributed by atoms with van der Waals surface area (Å²) in [4.78, 5) is 3.78. The maximum absolute atomic E-state index is 7.00. The summed E-state index contributed by atoms with van der Waals surface area (Å²) in [5, 5.41) is 7.00. The number of nitrogens with zero attached hydrogens (tertiary/aromatic N) is 1. The minimum absolute atomic E-state index is 1.00. The number of pyridine rings is 1. The molecule has 1 rings (SSSR count). The van der Waals surface area contributed by atoms with Gasteiger partial charge in [-0.25, -0.2) is 0 Å². The molecule has 0 spiro atoms. The van der Waals surface area contributed by atoms with Gasteiger partial charge in [-0.15, -0.1) is 11.6 Å². The van der Waals surface area contributed by atoms with E-state index in [2.05, 4.69) is 16.6 Å². The van der Waals surface area contributed by atoms with Gasteiger partial charge in [0.15, 0.2) is 0 Å². The largest absolute Gasteiger partial charge is 0.400 e. The van der Waals surface area contributed by atoms with Crippen molar-refractivity contribution < 1.29 is 5.11 Å². The van der Waals surface area contributed by atoms with E-state index in [1.165, 1.54) is 6.38 Å². The predicted octanol–water partition coefficient (Wildman–Crippen LogP) is 1.55. The second-order valence-corrected chi connectivity index (χ2v) is 1.02. The number of hydrogen-bond donors (Lipinski definition) is 1. The van der Waals surface area contributed by atoms with E-state index >= 15 is 0 Å². The van der Waals surface area contributed by atoms with Gasteiger partial charge in [-0.1, -0.05) is 6.07 Å². The molecule has 58 valence electrons. The molecule has 2 nitrogen and oxygen atoms in total. The lowest BCUT2D eigenvalue weighted by atomic mass is 10.5. The lowest BCUT2D eigenvalue weighted by Gasteiger charge is -1.70. The zero-order valence-electron chi connectivity index (χ0n) is 6.16. The highest BCUT2D eigenvalue weighted by atomic mass is 35.5. The molecule has 0 saturated heterocycles. The Morgan fingerprint density at radius 1 is 1.00 bits per heavy atom. The molecule has 1 aromatic heterocycles. The first-order valence-corrected chi connectivity index (χ1v) is 3.43. The highest BCUT2D eigenvalue weighted by Crippen LogP contribution is 1.73. The standard InChI is InChI=1S/C5H5N.CH3Cl.CH4O/c1-2-4-6-5-3-1;2*1-2/h1-5H;1H3;2H,1H3. The first kappa shape index (κ1) is 12.1. The summed E-state index contributed by atoms with van der Waals surface area (Å²) < 4.78 is 0. The van der Waals surface area contributed by atoms with Crippen molar-refractivity contribution >= 4 is 11.6 Å². The normalized spacial score (nSPS) is 6.00. The van der Waals surface area contributed by atoms with Gasteiger partial charge >= 0.3 is 0 Å². The van der Waals surface area contributed by atoms with Crippen LogP contribution in [0.5, 0.6) is 0 Å². The Bertz CT molecular complexity index is 85.5. The van der Waals surface area contributed by atoms with Crippen molar-refractivity contribution in [3.05, 3.63) is 30.6 Å². The highest BCUT2D eigenvalue weighted by Gasteiger charge is 1.58. The molecular formula is C7H12ClNO. The second-order valence-electron chi connectivity index (χ2n) is 1.02. The quantitative estimate of drug-likeness (QED) is 0.586. The van der Waals surface area contributed by atoms with Crippen LogP contribution in [0.25, 0.3) is 0 Å². The fourth-order valence-electron chi connectivity index (χ4n) is 0.313. The molecule has 0 aliphatic carbocycles. The molecule has 0 atom stereocenters. The van der Waals surface area contributed by atoms with Crippen LogP contribution in [0.4, 0.5) is 0 Å². The van der Waals surface area contributed by atoms with Crippen molar-refractivity contribution in [2.45, 2.75) is 0 Å². The number of alkyl halides is 1. The first-order chi connectivity index (χ1) is 5.00. The van der Waals surface area contributed by atoms with E-state index in [1.807, 2.05) is 18.2 Å². The Morgan fingerprint density at radius 2 is 1.40 bits per heavy atom. The molecular weight excluding hydrogens is 150 g/mol. The van der Waals surface area contributed by atoms with Crippen molar-refractivity contribution in [2.24, 2.45) is 0 Å². The van der Waals surface area contributed by atoms with Crippen molar-refractivity contribution in [3.63, 3.8) is 0 Å². The van der Waals surface area contributed by atoms with Gasteiger partial charge < -0.3 is 5.11 Å². The van der Waals surface area contributed by atoms with Gasteiger partial charge in [0.25, 0.3) is 0 Å². The average Bonchev–Trinajstić information content (AvgIpc) is 2.14. The predicted molar refractivity (Wildman–Crippen MR) is 44.2 cm³/mol. The van der Waals surface area contributed by atoms with Crippen molar-refractivity contribution in [1.82, 2.24) is 4.98 Å². The van der Waals surface area contributed by atoms with Crippen molar-refractivity contribution in [2.75, 3.05) is 13.5 Å². The molecule has 1 heterocycles. The van der Waals surface area contributed by atoms with Crippen molar-refractivity contribution in [1.29, 1.82) is 0 Å². The average molecular weight is 162 g/mol. The number of aliphatic hydroxyl groups is 1. The summed E-state index contributed by atoms with van der Waals surface area (Å²) in [5.41, 5.74) is 0. The Hall–Kier alpha value is -0.600.